The highest BCUT2D eigenvalue weighted by molar-refractivity contribution is 7.17. The molecule has 2 aromatic rings. The molecule has 1 fully saturated rings. The average Bonchev–Trinajstić information content (AvgIpc) is 3.15. The molecule has 3 nitrogen and oxygen atoms in total. The first-order valence-electron chi connectivity index (χ1n) is 8.19. The number of hydrogen-bond donors (Lipinski definition) is 1. The minimum atomic E-state index is 0.331. The summed E-state index contributed by atoms with van der Waals surface area (Å²) in [6.07, 6.45) is 4.90. The lowest BCUT2D eigenvalue weighted by atomic mass is 10.1. The molecule has 1 amide bonds. The molecule has 1 N–H and O–H groups in total. The van der Waals surface area contributed by atoms with Crippen LogP contribution in [0.5, 0.6) is 0 Å². The van der Waals surface area contributed by atoms with Crippen molar-refractivity contribution in [1.82, 2.24) is 10.2 Å². The molecule has 0 saturated carbocycles. The molecule has 0 bridgehead atoms. The van der Waals surface area contributed by atoms with Gasteiger partial charge in [-0.2, -0.15) is 0 Å². The summed E-state index contributed by atoms with van der Waals surface area (Å²) in [4.78, 5) is 14.5. The monoisotopic (exact) mass is 316 g/mol. The van der Waals surface area contributed by atoms with E-state index in [2.05, 4.69) is 39.9 Å². The molecule has 4 heteroatoms. The van der Waals surface area contributed by atoms with E-state index in [0.29, 0.717) is 18.4 Å². The van der Waals surface area contributed by atoms with Gasteiger partial charge in [0.2, 0.25) is 5.91 Å². The Kier molecular flexibility index (Phi) is 5.11. The molecule has 2 heterocycles. The number of likely N-dealkylation sites (tertiary alicyclic amines) is 1. The van der Waals surface area contributed by atoms with Gasteiger partial charge in [0.1, 0.15) is 0 Å². The largest absolute Gasteiger partial charge is 0.338 e. The molecule has 1 aromatic heterocycles. The van der Waals surface area contributed by atoms with E-state index < -0.39 is 0 Å². The van der Waals surface area contributed by atoms with Gasteiger partial charge in [-0.1, -0.05) is 18.2 Å². The number of likely N-dealkylation sites (N-methyl/N-ethyl adjacent to an activating group) is 1. The standard InChI is InChI=1S/C18H24N2OS/c1-19-12-15-7-5-11-20(15)18(21)10-4-6-14-13-22-17-9-3-2-8-16(14)17/h2-3,8-9,13,15,19H,4-7,10-12H2,1H3. The van der Waals surface area contributed by atoms with Crippen LogP contribution in [0.2, 0.25) is 0 Å². The predicted molar refractivity (Wildman–Crippen MR) is 93.4 cm³/mol. The molecule has 1 saturated heterocycles. The summed E-state index contributed by atoms with van der Waals surface area (Å²) < 4.78 is 1.34. The molecule has 1 aromatic carbocycles. The van der Waals surface area contributed by atoms with Crippen LogP contribution >= 0.6 is 11.3 Å². The second-order valence-electron chi connectivity index (χ2n) is 6.05. The van der Waals surface area contributed by atoms with Gasteiger partial charge in [-0.25, -0.2) is 0 Å². The number of amides is 1. The number of carbonyl (C=O) groups excluding carboxylic acids is 1. The Balaban J connectivity index is 1.53. The van der Waals surface area contributed by atoms with Gasteiger partial charge in [0.15, 0.2) is 0 Å². The number of nitrogens with one attached hydrogen (secondary N) is 1. The third-order valence-corrected chi connectivity index (χ3v) is 5.55. The van der Waals surface area contributed by atoms with Crippen LogP contribution in [0.25, 0.3) is 10.1 Å². The maximum atomic E-state index is 12.4. The molecule has 1 atom stereocenters. The van der Waals surface area contributed by atoms with Crippen molar-refractivity contribution < 1.29 is 4.79 Å². The predicted octanol–water partition coefficient (Wildman–Crippen LogP) is 3.43. The van der Waals surface area contributed by atoms with Crippen molar-refractivity contribution >= 4 is 27.3 Å². The molecule has 0 spiro atoms. The molecule has 3 rings (SSSR count). The molecule has 0 aliphatic carbocycles. The van der Waals surface area contributed by atoms with E-state index in [0.717, 1.165) is 38.8 Å². The van der Waals surface area contributed by atoms with E-state index in [1.807, 2.05) is 7.05 Å². The van der Waals surface area contributed by atoms with Crippen LogP contribution in [-0.2, 0) is 11.2 Å². The van der Waals surface area contributed by atoms with Gasteiger partial charge in [-0.3, -0.25) is 4.79 Å². The van der Waals surface area contributed by atoms with Crippen molar-refractivity contribution in [2.45, 2.75) is 38.1 Å². The number of thiophene rings is 1. The first-order chi connectivity index (χ1) is 10.8. The summed E-state index contributed by atoms with van der Waals surface area (Å²) in [6, 6.07) is 8.94. The molecular weight excluding hydrogens is 292 g/mol. The number of rotatable bonds is 6. The smallest absolute Gasteiger partial charge is 0.222 e. The van der Waals surface area contributed by atoms with Crippen molar-refractivity contribution in [2.75, 3.05) is 20.1 Å². The highest BCUT2D eigenvalue weighted by Crippen LogP contribution is 2.27. The van der Waals surface area contributed by atoms with Crippen molar-refractivity contribution in [1.29, 1.82) is 0 Å². The van der Waals surface area contributed by atoms with E-state index in [-0.39, 0.29) is 0 Å². The fraction of sp³-hybridized carbons (Fsp3) is 0.500. The Morgan fingerprint density at radius 1 is 1.41 bits per heavy atom. The highest BCUT2D eigenvalue weighted by Gasteiger charge is 2.27. The molecule has 0 radical (unpaired) electrons. The van der Waals surface area contributed by atoms with Gasteiger partial charge < -0.3 is 10.2 Å². The fourth-order valence-corrected chi connectivity index (χ4v) is 4.41. The number of nitrogens with zero attached hydrogens (tertiary/aromatic N) is 1. The third kappa shape index (κ3) is 3.33. The maximum absolute atomic E-state index is 12.4. The van der Waals surface area contributed by atoms with Crippen molar-refractivity contribution in [3.63, 3.8) is 0 Å². The Labute approximate surface area is 136 Å². The lowest BCUT2D eigenvalue weighted by molar-refractivity contribution is -0.132. The molecule has 118 valence electrons. The summed E-state index contributed by atoms with van der Waals surface area (Å²) >= 11 is 1.80. The zero-order valence-corrected chi connectivity index (χ0v) is 14.0. The summed E-state index contributed by atoms with van der Waals surface area (Å²) in [5.41, 5.74) is 1.39. The van der Waals surface area contributed by atoms with Crippen molar-refractivity contribution in [2.24, 2.45) is 0 Å². The Morgan fingerprint density at radius 2 is 2.27 bits per heavy atom. The Morgan fingerprint density at radius 3 is 3.14 bits per heavy atom. The van der Waals surface area contributed by atoms with Gasteiger partial charge in [0.05, 0.1) is 0 Å². The molecule has 1 aliphatic heterocycles. The van der Waals surface area contributed by atoms with Crippen LogP contribution in [0.4, 0.5) is 0 Å². The number of fused-ring (bicyclic) bond motifs is 1. The van der Waals surface area contributed by atoms with Crippen LogP contribution in [0.3, 0.4) is 0 Å². The van der Waals surface area contributed by atoms with Crippen LogP contribution in [0.1, 0.15) is 31.2 Å². The van der Waals surface area contributed by atoms with Crippen molar-refractivity contribution in [3.8, 4) is 0 Å². The highest BCUT2D eigenvalue weighted by atomic mass is 32.1. The average molecular weight is 316 g/mol. The van der Waals surface area contributed by atoms with Crippen LogP contribution in [-0.4, -0.2) is 37.0 Å². The lowest BCUT2D eigenvalue weighted by Gasteiger charge is -2.24. The fourth-order valence-electron chi connectivity index (χ4n) is 3.41. The van der Waals surface area contributed by atoms with E-state index >= 15 is 0 Å². The second kappa shape index (κ2) is 7.25. The van der Waals surface area contributed by atoms with E-state index in [9.17, 15) is 4.79 Å². The molecular formula is C18H24N2OS. The number of carbonyl (C=O) groups is 1. The van der Waals surface area contributed by atoms with E-state index in [1.54, 1.807) is 11.3 Å². The minimum Gasteiger partial charge on any atom is -0.338 e. The quantitative estimate of drug-likeness (QED) is 0.885. The summed E-state index contributed by atoms with van der Waals surface area (Å²) in [5.74, 6) is 0.331. The van der Waals surface area contributed by atoms with E-state index in [4.69, 9.17) is 0 Å². The summed E-state index contributed by atoms with van der Waals surface area (Å²) in [6.45, 7) is 1.85. The van der Waals surface area contributed by atoms with Crippen LogP contribution in [0, 0.1) is 0 Å². The maximum Gasteiger partial charge on any atom is 0.222 e. The van der Waals surface area contributed by atoms with Crippen LogP contribution in [0.15, 0.2) is 29.6 Å². The zero-order valence-electron chi connectivity index (χ0n) is 13.2. The van der Waals surface area contributed by atoms with Crippen molar-refractivity contribution in [3.05, 3.63) is 35.2 Å². The van der Waals surface area contributed by atoms with Gasteiger partial charge in [-0.15, -0.1) is 11.3 Å². The first-order valence-corrected chi connectivity index (χ1v) is 9.06. The zero-order chi connectivity index (χ0) is 15.4. The van der Waals surface area contributed by atoms with Gasteiger partial charge >= 0.3 is 0 Å². The Bertz CT molecular complexity index is 637. The third-order valence-electron chi connectivity index (χ3n) is 4.54. The van der Waals surface area contributed by atoms with Gasteiger partial charge in [0.25, 0.3) is 0 Å². The normalized spacial score (nSPS) is 18.2. The number of benzene rings is 1. The lowest BCUT2D eigenvalue weighted by Crippen LogP contribution is -2.40. The first kappa shape index (κ1) is 15.5. The molecule has 22 heavy (non-hydrogen) atoms. The summed E-state index contributed by atoms with van der Waals surface area (Å²) in [5, 5.41) is 6.80. The summed E-state index contributed by atoms with van der Waals surface area (Å²) in [7, 11) is 1.96. The number of hydrogen-bond acceptors (Lipinski definition) is 3. The van der Waals surface area contributed by atoms with E-state index in [1.165, 1.54) is 15.6 Å². The van der Waals surface area contributed by atoms with Crippen LogP contribution < -0.4 is 5.32 Å². The molecule has 1 aliphatic rings. The number of aryl methyl sites for hydroxylation is 1. The SMILES string of the molecule is CNCC1CCCN1C(=O)CCCc1csc2ccccc12. The van der Waals surface area contributed by atoms with Gasteiger partial charge in [0, 0.05) is 30.3 Å². The topological polar surface area (TPSA) is 32.3 Å². The molecule has 1 unspecified atom stereocenters. The second-order valence-corrected chi connectivity index (χ2v) is 6.96. The van der Waals surface area contributed by atoms with Gasteiger partial charge in [-0.05, 0) is 55.1 Å². The minimum absolute atomic E-state index is 0.331. The Hall–Kier alpha value is -1.39.